The molecule has 15 nitrogen and oxygen atoms in total. The molecule has 248 valence electrons. The van der Waals surface area contributed by atoms with Crippen LogP contribution in [0.3, 0.4) is 0 Å². The van der Waals surface area contributed by atoms with Crippen molar-refractivity contribution in [2.75, 3.05) is 0 Å². The molecule has 0 aromatic carbocycles. The highest BCUT2D eigenvalue weighted by atomic mass is 16.4. The van der Waals surface area contributed by atoms with E-state index in [0.717, 1.165) is 32.1 Å². The highest BCUT2D eigenvalue weighted by Crippen LogP contribution is 2.27. The van der Waals surface area contributed by atoms with Gasteiger partial charge in [0, 0.05) is 13.3 Å². The molecule has 1 aliphatic rings. The van der Waals surface area contributed by atoms with Gasteiger partial charge < -0.3 is 42.2 Å². The van der Waals surface area contributed by atoms with E-state index in [-0.39, 0.29) is 37.5 Å². The SMILES string of the molecule is CC(=O)N[C@@H](CCC(N)=O)C(=O)N[C@@H](CC1CCCCC1)C(=O)N[C@@H](CC(=O)O)C(=O)N[C@@H](CC(C)C)C(=O)N[C@@H](C)C=O. The third kappa shape index (κ3) is 14.9. The molecule has 0 aliphatic heterocycles. The Bertz CT molecular complexity index is 1040. The number of aliphatic carboxylic acids is 1. The van der Waals surface area contributed by atoms with Gasteiger partial charge in [-0.1, -0.05) is 46.0 Å². The minimum absolute atomic E-state index is 0.0636. The van der Waals surface area contributed by atoms with Crippen LogP contribution in [0.5, 0.6) is 0 Å². The summed E-state index contributed by atoms with van der Waals surface area (Å²) in [4.78, 5) is 98.4. The van der Waals surface area contributed by atoms with Crippen molar-refractivity contribution >= 4 is 47.7 Å². The first-order valence-corrected chi connectivity index (χ1v) is 15.1. The summed E-state index contributed by atoms with van der Waals surface area (Å²) < 4.78 is 0. The fourth-order valence-electron chi connectivity index (χ4n) is 5.05. The number of carbonyl (C=O) groups is 8. The number of hydrogen-bond donors (Lipinski definition) is 7. The van der Waals surface area contributed by atoms with E-state index in [9.17, 15) is 43.5 Å². The molecule has 1 saturated carbocycles. The smallest absolute Gasteiger partial charge is 0.305 e. The van der Waals surface area contributed by atoms with E-state index in [2.05, 4.69) is 26.6 Å². The van der Waals surface area contributed by atoms with Gasteiger partial charge in [-0.15, -0.1) is 0 Å². The van der Waals surface area contributed by atoms with Gasteiger partial charge in [0.05, 0.1) is 12.5 Å². The van der Waals surface area contributed by atoms with Crippen LogP contribution in [-0.4, -0.2) is 83.0 Å². The van der Waals surface area contributed by atoms with Crippen molar-refractivity contribution in [3.8, 4) is 0 Å². The zero-order valence-electron chi connectivity index (χ0n) is 26.0. The minimum atomic E-state index is -1.60. The molecule has 15 heteroatoms. The van der Waals surface area contributed by atoms with Crippen LogP contribution in [0, 0.1) is 11.8 Å². The van der Waals surface area contributed by atoms with Gasteiger partial charge in [-0.3, -0.25) is 33.6 Å². The van der Waals surface area contributed by atoms with Crippen LogP contribution in [0.4, 0.5) is 0 Å². The van der Waals surface area contributed by atoms with Crippen LogP contribution < -0.4 is 32.3 Å². The monoisotopic (exact) mass is 624 g/mol. The van der Waals surface area contributed by atoms with Gasteiger partial charge in [0.25, 0.3) is 0 Å². The lowest BCUT2D eigenvalue weighted by molar-refractivity contribution is -0.141. The van der Waals surface area contributed by atoms with Gasteiger partial charge in [-0.05, 0) is 38.0 Å². The molecule has 0 aromatic rings. The molecule has 6 amide bonds. The third-order valence-electron chi connectivity index (χ3n) is 7.23. The van der Waals surface area contributed by atoms with Gasteiger partial charge in [-0.2, -0.15) is 0 Å². The number of amides is 6. The molecular weight excluding hydrogens is 576 g/mol. The van der Waals surface area contributed by atoms with Crippen molar-refractivity contribution in [3.05, 3.63) is 0 Å². The number of nitrogens with one attached hydrogen (secondary N) is 5. The summed E-state index contributed by atoms with van der Waals surface area (Å²) in [7, 11) is 0. The van der Waals surface area contributed by atoms with E-state index in [0.29, 0.717) is 6.29 Å². The summed E-state index contributed by atoms with van der Waals surface area (Å²) in [5.74, 6) is -5.75. The molecule has 5 atom stereocenters. The Balaban J connectivity index is 3.22. The Morgan fingerprint density at radius 2 is 1.30 bits per heavy atom. The molecule has 0 radical (unpaired) electrons. The zero-order chi connectivity index (χ0) is 33.4. The largest absolute Gasteiger partial charge is 0.481 e. The van der Waals surface area contributed by atoms with Gasteiger partial charge in [0.15, 0.2) is 0 Å². The van der Waals surface area contributed by atoms with Crippen LogP contribution in [-0.2, 0) is 38.4 Å². The van der Waals surface area contributed by atoms with Crippen LogP contribution in [0.2, 0.25) is 0 Å². The molecule has 0 spiro atoms. The number of rotatable bonds is 19. The van der Waals surface area contributed by atoms with Gasteiger partial charge in [0.1, 0.15) is 30.5 Å². The molecule has 0 unspecified atom stereocenters. The lowest BCUT2D eigenvalue weighted by Gasteiger charge is -2.29. The lowest BCUT2D eigenvalue weighted by atomic mass is 9.84. The number of nitrogens with two attached hydrogens (primary N) is 1. The zero-order valence-corrected chi connectivity index (χ0v) is 26.0. The molecule has 0 saturated heterocycles. The first-order valence-electron chi connectivity index (χ1n) is 15.1. The minimum Gasteiger partial charge on any atom is -0.481 e. The normalized spacial score (nSPS) is 16.8. The molecule has 1 fully saturated rings. The first-order chi connectivity index (χ1) is 20.6. The summed E-state index contributed by atoms with van der Waals surface area (Å²) in [6, 6.07) is -5.89. The van der Waals surface area contributed by atoms with Crippen molar-refractivity contribution < 1.29 is 43.5 Å². The second-order valence-electron chi connectivity index (χ2n) is 11.8. The Hall–Kier alpha value is -4.04. The van der Waals surface area contributed by atoms with E-state index < -0.39 is 78.0 Å². The van der Waals surface area contributed by atoms with E-state index in [1.807, 2.05) is 13.8 Å². The fourth-order valence-corrected chi connectivity index (χ4v) is 5.05. The molecule has 44 heavy (non-hydrogen) atoms. The second-order valence-corrected chi connectivity index (χ2v) is 11.8. The van der Waals surface area contributed by atoms with Crippen molar-refractivity contribution in [3.63, 3.8) is 0 Å². The molecule has 0 bridgehead atoms. The van der Waals surface area contributed by atoms with E-state index >= 15 is 0 Å². The van der Waals surface area contributed by atoms with Crippen LogP contribution in [0.1, 0.15) is 91.9 Å². The van der Waals surface area contributed by atoms with Crippen molar-refractivity contribution in [1.29, 1.82) is 0 Å². The van der Waals surface area contributed by atoms with Gasteiger partial charge in [0.2, 0.25) is 35.4 Å². The van der Waals surface area contributed by atoms with Crippen LogP contribution >= 0.6 is 0 Å². The number of carboxylic acids is 1. The van der Waals surface area contributed by atoms with E-state index in [1.54, 1.807) is 0 Å². The average Bonchev–Trinajstić information content (AvgIpc) is 2.93. The summed E-state index contributed by atoms with van der Waals surface area (Å²) in [6.07, 6.45) is 4.30. The first kappa shape index (κ1) is 38.0. The van der Waals surface area contributed by atoms with Crippen molar-refractivity contribution in [2.24, 2.45) is 17.6 Å². The average molecular weight is 625 g/mol. The van der Waals surface area contributed by atoms with E-state index in [1.165, 1.54) is 13.8 Å². The molecule has 8 N–H and O–H groups in total. The maximum absolute atomic E-state index is 13.6. The Labute approximate surface area is 257 Å². The maximum Gasteiger partial charge on any atom is 0.305 e. The highest BCUT2D eigenvalue weighted by molar-refractivity contribution is 5.97. The predicted octanol–water partition coefficient (Wildman–Crippen LogP) is -0.594. The lowest BCUT2D eigenvalue weighted by Crippen LogP contribution is -2.59. The number of carboxylic acid groups (broad SMARTS) is 1. The Kier molecular flexibility index (Phi) is 16.6. The Morgan fingerprint density at radius 3 is 1.82 bits per heavy atom. The van der Waals surface area contributed by atoms with Gasteiger partial charge in [-0.25, -0.2) is 0 Å². The molecule has 1 aliphatic carbocycles. The number of carbonyl (C=O) groups excluding carboxylic acids is 7. The number of hydrogen-bond acceptors (Lipinski definition) is 8. The van der Waals surface area contributed by atoms with Gasteiger partial charge >= 0.3 is 5.97 Å². The van der Waals surface area contributed by atoms with Crippen molar-refractivity contribution in [1.82, 2.24) is 26.6 Å². The number of aldehydes is 1. The summed E-state index contributed by atoms with van der Waals surface area (Å²) in [5.41, 5.74) is 5.20. The highest BCUT2D eigenvalue weighted by Gasteiger charge is 2.34. The fraction of sp³-hybridized carbons (Fsp3) is 0.724. The second kappa shape index (κ2) is 19.3. The molecule has 1 rings (SSSR count). The summed E-state index contributed by atoms with van der Waals surface area (Å²) >= 11 is 0. The topological polar surface area (TPSA) is 243 Å². The van der Waals surface area contributed by atoms with Crippen LogP contribution in [0.25, 0.3) is 0 Å². The van der Waals surface area contributed by atoms with Crippen molar-refractivity contribution in [2.45, 2.75) is 122 Å². The number of primary amides is 1. The van der Waals surface area contributed by atoms with E-state index in [4.69, 9.17) is 5.73 Å². The van der Waals surface area contributed by atoms with Crippen LogP contribution in [0.15, 0.2) is 0 Å². The molecule has 0 heterocycles. The Morgan fingerprint density at radius 1 is 0.773 bits per heavy atom. The quantitative estimate of drug-likeness (QED) is 0.0907. The standard InChI is InChI=1S/C29H48N6O9/c1-16(2)12-21(27(42)31-17(3)15-36)33-29(44)23(14-25(39)40)35-28(43)22(13-19-8-6-5-7-9-19)34-26(41)20(32-18(4)37)10-11-24(30)38/h15-17,19-23H,5-14H2,1-4H3,(H2,30,38)(H,31,42)(H,32,37)(H,33,44)(H,34,41)(H,35,43)(H,39,40)/t17-,20-,21-,22-,23-/m0/s1. The summed E-state index contributed by atoms with van der Waals surface area (Å²) in [5, 5.41) is 21.9. The maximum atomic E-state index is 13.6. The third-order valence-corrected chi connectivity index (χ3v) is 7.23. The summed E-state index contributed by atoms with van der Waals surface area (Å²) in [6.45, 7) is 6.26. The molecule has 0 aromatic heterocycles. The predicted molar refractivity (Wildman–Crippen MR) is 158 cm³/mol. The molecular formula is C29H48N6O9.